The third-order valence-corrected chi connectivity index (χ3v) is 3.94. The summed E-state index contributed by atoms with van der Waals surface area (Å²) in [6, 6.07) is 6.22. The highest BCUT2D eigenvalue weighted by atomic mass is 127. The predicted octanol–water partition coefficient (Wildman–Crippen LogP) is 2.10. The van der Waals surface area contributed by atoms with Crippen LogP contribution in [0.1, 0.15) is 25.0 Å². The molecule has 142 valence electrons. The van der Waals surface area contributed by atoms with Gasteiger partial charge in [0.05, 0.1) is 12.5 Å². The number of hydrogen-bond donors (Lipinski definition) is 3. The highest BCUT2D eigenvalue weighted by molar-refractivity contribution is 14.0. The Hall–Kier alpha value is -1.51. The van der Waals surface area contributed by atoms with Crippen LogP contribution < -0.4 is 20.7 Å². The molecule has 0 aliphatic heterocycles. The average molecular weight is 462 g/mol. The normalized spacial score (nSPS) is 11.4. The van der Waals surface area contributed by atoms with Crippen molar-refractivity contribution in [1.82, 2.24) is 16.0 Å². The molecule has 0 saturated carbocycles. The van der Waals surface area contributed by atoms with E-state index >= 15 is 0 Å². The van der Waals surface area contributed by atoms with Crippen molar-refractivity contribution in [3.63, 3.8) is 0 Å². The summed E-state index contributed by atoms with van der Waals surface area (Å²) in [7, 11) is 5.05. The minimum atomic E-state index is -0.503. The number of nitrogens with one attached hydrogen (secondary N) is 3. The van der Waals surface area contributed by atoms with E-state index in [1.54, 1.807) is 21.2 Å². The topological polar surface area (TPSA) is 74.8 Å². The molecule has 0 unspecified atom stereocenters. The van der Waals surface area contributed by atoms with Crippen molar-refractivity contribution in [2.45, 2.75) is 27.2 Å². The maximum absolute atomic E-state index is 11.8. The molecule has 0 bridgehead atoms. The van der Waals surface area contributed by atoms with Crippen LogP contribution in [-0.4, -0.2) is 46.2 Å². The van der Waals surface area contributed by atoms with E-state index in [2.05, 4.69) is 39.1 Å². The lowest BCUT2D eigenvalue weighted by Gasteiger charge is -2.24. The molecule has 0 saturated heterocycles. The van der Waals surface area contributed by atoms with Crippen LogP contribution in [0.15, 0.2) is 23.2 Å². The van der Waals surface area contributed by atoms with E-state index in [0.29, 0.717) is 12.5 Å². The Morgan fingerprint density at radius 2 is 1.96 bits per heavy atom. The smallest absolute Gasteiger partial charge is 0.227 e. The lowest BCUT2D eigenvalue weighted by Crippen LogP contribution is -2.47. The first-order valence-corrected chi connectivity index (χ1v) is 8.14. The van der Waals surface area contributed by atoms with Gasteiger partial charge in [-0.1, -0.05) is 12.1 Å². The van der Waals surface area contributed by atoms with Crippen molar-refractivity contribution >= 4 is 35.8 Å². The van der Waals surface area contributed by atoms with Crippen LogP contribution in [0.2, 0.25) is 0 Å². The zero-order valence-electron chi connectivity index (χ0n) is 16.0. The molecule has 3 N–H and O–H groups in total. The minimum Gasteiger partial charge on any atom is -0.496 e. The maximum atomic E-state index is 11.8. The number of carbonyl (C=O) groups excluding carboxylic acids is 1. The second-order valence-corrected chi connectivity index (χ2v) is 6.37. The molecule has 0 spiro atoms. The van der Waals surface area contributed by atoms with Crippen molar-refractivity contribution in [3.05, 3.63) is 29.3 Å². The number of methoxy groups -OCH3 is 1. The van der Waals surface area contributed by atoms with E-state index in [0.717, 1.165) is 24.3 Å². The number of aliphatic imine (C=N–C) groups is 1. The molecular weight excluding hydrogens is 431 g/mol. The second kappa shape index (κ2) is 11.2. The van der Waals surface area contributed by atoms with Crippen LogP contribution in [-0.2, 0) is 11.2 Å². The van der Waals surface area contributed by atoms with Crippen LogP contribution in [0.5, 0.6) is 5.75 Å². The van der Waals surface area contributed by atoms with Gasteiger partial charge in [0.15, 0.2) is 5.96 Å². The van der Waals surface area contributed by atoms with Gasteiger partial charge < -0.3 is 20.7 Å². The minimum absolute atomic E-state index is 0. The fourth-order valence-electron chi connectivity index (χ4n) is 2.29. The lowest BCUT2D eigenvalue weighted by atomic mass is 9.92. The van der Waals surface area contributed by atoms with E-state index in [-0.39, 0.29) is 29.9 Å². The number of benzene rings is 1. The Bertz CT molecular complexity index is 588. The van der Waals surface area contributed by atoms with Crippen molar-refractivity contribution in [2.75, 3.05) is 34.3 Å². The van der Waals surface area contributed by atoms with E-state index < -0.39 is 5.41 Å². The Morgan fingerprint density at radius 3 is 2.52 bits per heavy atom. The highest BCUT2D eigenvalue weighted by Crippen LogP contribution is 2.19. The monoisotopic (exact) mass is 462 g/mol. The first kappa shape index (κ1) is 23.5. The summed E-state index contributed by atoms with van der Waals surface area (Å²) < 4.78 is 5.35. The number of hydrogen-bond acceptors (Lipinski definition) is 3. The number of carbonyl (C=O) groups is 1. The summed E-state index contributed by atoms with van der Waals surface area (Å²) in [5, 5.41) is 9.14. The fourth-order valence-corrected chi connectivity index (χ4v) is 2.29. The predicted molar refractivity (Wildman–Crippen MR) is 114 cm³/mol. The summed E-state index contributed by atoms with van der Waals surface area (Å²) in [5.74, 6) is 1.59. The number of nitrogens with zero attached hydrogens (tertiary/aromatic N) is 1. The quantitative estimate of drug-likeness (QED) is 0.330. The first-order chi connectivity index (χ1) is 11.3. The fraction of sp³-hybridized carbons (Fsp3) is 0.556. The standard InChI is InChI=1S/C18H30N4O2.HI/c1-13-7-8-14(11-15(13)24-6)9-10-21-17(20-5)22-12-18(2,3)16(23)19-4;/h7-8,11H,9-10,12H2,1-6H3,(H,19,23)(H2,20,21,22);1H. The Balaban J connectivity index is 0.00000576. The number of ether oxygens (including phenoxy) is 1. The van der Waals surface area contributed by atoms with Crippen molar-refractivity contribution in [2.24, 2.45) is 10.4 Å². The van der Waals surface area contributed by atoms with E-state index in [9.17, 15) is 4.79 Å². The summed E-state index contributed by atoms with van der Waals surface area (Å²) in [5.41, 5.74) is 1.82. The molecule has 0 radical (unpaired) electrons. The van der Waals surface area contributed by atoms with Crippen molar-refractivity contribution in [1.29, 1.82) is 0 Å². The van der Waals surface area contributed by atoms with Crippen LogP contribution >= 0.6 is 24.0 Å². The Kier molecular flexibility index (Phi) is 10.5. The van der Waals surface area contributed by atoms with Gasteiger partial charge >= 0.3 is 0 Å². The zero-order chi connectivity index (χ0) is 18.2. The number of rotatable bonds is 7. The second-order valence-electron chi connectivity index (χ2n) is 6.37. The molecule has 0 atom stereocenters. The third kappa shape index (κ3) is 7.50. The van der Waals surface area contributed by atoms with Crippen molar-refractivity contribution in [3.8, 4) is 5.75 Å². The molecule has 1 amide bonds. The van der Waals surface area contributed by atoms with Gasteiger partial charge in [-0.25, -0.2) is 0 Å². The van der Waals surface area contributed by atoms with Crippen LogP contribution in [0, 0.1) is 12.3 Å². The molecule has 0 aliphatic carbocycles. The highest BCUT2D eigenvalue weighted by Gasteiger charge is 2.26. The third-order valence-electron chi connectivity index (χ3n) is 3.94. The lowest BCUT2D eigenvalue weighted by molar-refractivity contribution is -0.128. The van der Waals surface area contributed by atoms with Gasteiger partial charge in [-0.2, -0.15) is 0 Å². The largest absolute Gasteiger partial charge is 0.496 e. The van der Waals surface area contributed by atoms with E-state index in [1.165, 1.54) is 5.56 Å². The zero-order valence-corrected chi connectivity index (χ0v) is 18.4. The molecule has 1 rings (SSSR count). The molecule has 7 heteroatoms. The van der Waals surface area contributed by atoms with Crippen molar-refractivity contribution < 1.29 is 9.53 Å². The van der Waals surface area contributed by atoms with Crippen LogP contribution in [0.25, 0.3) is 0 Å². The number of guanidine groups is 1. The van der Waals surface area contributed by atoms with E-state index in [4.69, 9.17) is 4.74 Å². The maximum Gasteiger partial charge on any atom is 0.227 e. The molecule has 1 aromatic carbocycles. The van der Waals surface area contributed by atoms with Gasteiger partial charge in [-0.05, 0) is 44.4 Å². The number of amides is 1. The number of halogens is 1. The van der Waals surface area contributed by atoms with Gasteiger partial charge in [0.2, 0.25) is 5.91 Å². The molecule has 25 heavy (non-hydrogen) atoms. The van der Waals surface area contributed by atoms with Gasteiger partial charge in [0, 0.05) is 27.2 Å². The molecule has 0 aromatic heterocycles. The summed E-state index contributed by atoms with van der Waals surface area (Å²) in [6.07, 6.45) is 0.857. The Labute approximate surface area is 168 Å². The molecule has 0 fully saturated rings. The Morgan fingerprint density at radius 1 is 1.28 bits per heavy atom. The van der Waals surface area contributed by atoms with Crippen LogP contribution in [0.3, 0.4) is 0 Å². The van der Waals surface area contributed by atoms with Gasteiger partial charge in [0.1, 0.15) is 5.75 Å². The summed E-state index contributed by atoms with van der Waals surface area (Å²) in [6.45, 7) is 7.06. The van der Waals surface area contributed by atoms with Gasteiger partial charge in [0.25, 0.3) is 0 Å². The summed E-state index contributed by atoms with van der Waals surface area (Å²) >= 11 is 0. The first-order valence-electron chi connectivity index (χ1n) is 8.14. The average Bonchev–Trinajstić information content (AvgIpc) is 2.58. The van der Waals surface area contributed by atoms with Gasteiger partial charge in [-0.15, -0.1) is 24.0 Å². The summed E-state index contributed by atoms with van der Waals surface area (Å²) in [4.78, 5) is 16.0. The number of aryl methyl sites for hydroxylation is 1. The molecule has 6 nitrogen and oxygen atoms in total. The SMILES string of the molecule is CN=C(NCCc1ccc(C)c(OC)c1)NCC(C)(C)C(=O)NC.I. The molecule has 1 aromatic rings. The van der Waals surface area contributed by atoms with Crippen LogP contribution in [0.4, 0.5) is 0 Å². The van der Waals surface area contributed by atoms with E-state index in [1.807, 2.05) is 20.8 Å². The molecule has 0 aliphatic rings. The van der Waals surface area contributed by atoms with Gasteiger partial charge in [-0.3, -0.25) is 9.79 Å². The molecule has 0 heterocycles. The molecular formula is C18H31IN4O2.